The molecule has 0 amide bonds. The summed E-state index contributed by atoms with van der Waals surface area (Å²) in [6.45, 7) is 2.90. The summed E-state index contributed by atoms with van der Waals surface area (Å²) in [7, 11) is -3.76. The van der Waals surface area contributed by atoms with Crippen LogP contribution in [0.3, 0.4) is 0 Å². The molecule has 0 aliphatic heterocycles. The van der Waals surface area contributed by atoms with Crippen molar-refractivity contribution in [3.05, 3.63) is 0 Å². The summed E-state index contributed by atoms with van der Waals surface area (Å²) < 4.78 is 28.2. The molecule has 0 aliphatic carbocycles. The molecule has 0 saturated heterocycles. The Hall–Kier alpha value is 0.870. The average molecular weight is 176 g/mol. The maximum absolute atomic E-state index is 10.0. The molecule has 0 aromatic heterocycles. The first-order chi connectivity index (χ1) is 4.06. The summed E-state index contributed by atoms with van der Waals surface area (Å²) in [5.41, 5.74) is 0. The predicted molar refractivity (Wildman–Crippen MR) is 40.7 cm³/mol. The molecule has 57 valence electrons. The first kappa shape index (κ1) is 13.5. The Morgan fingerprint density at radius 2 is 2.00 bits per heavy atom. The normalized spacial score (nSPS) is 10.6. The van der Waals surface area contributed by atoms with Crippen LogP contribution in [0.15, 0.2) is 0 Å². The Kier molecular flexibility index (Phi) is 8.85. The molecule has 10 heavy (non-hydrogen) atoms. The van der Waals surface area contributed by atoms with Gasteiger partial charge in [-0.15, -0.1) is 0 Å². The van der Waals surface area contributed by atoms with Crippen molar-refractivity contribution < 1.29 is 13.0 Å². The maximum Gasteiger partial charge on any atom is 0.266 e. The molecule has 6 heteroatoms. The first-order valence-corrected chi connectivity index (χ1v) is 4.33. The second-order valence-corrected chi connectivity index (χ2v) is 3.21. The third-order valence-corrected chi connectivity index (χ3v) is 1.51. The zero-order valence-electron chi connectivity index (χ0n) is 6.29. The smallest absolute Gasteiger partial charge is 0.266 e. The van der Waals surface area contributed by atoms with Crippen molar-refractivity contribution in [1.82, 2.24) is 5.32 Å². The molecule has 0 fully saturated rings. The molecule has 0 aliphatic rings. The molecule has 0 atom stereocenters. The molecular weight excluding hydrogens is 165 g/mol. The Morgan fingerprint density at radius 3 is 2.30 bits per heavy atom. The van der Waals surface area contributed by atoms with Crippen LogP contribution in [-0.2, 0) is 10.1 Å². The molecule has 0 unspecified atom stereocenters. The van der Waals surface area contributed by atoms with Crippen molar-refractivity contribution in [2.24, 2.45) is 0 Å². The van der Waals surface area contributed by atoms with Gasteiger partial charge in [0.05, 0.1) is 5.75 Å². The SMILES string of the molecule is CCNCCS(=O)(=O)O.[Na]. The van der Waals surface area contributed by atoms with Gasteiger partial charge in [0.15, 0.2) is 0 Å². The van der Waals surface area contributed by atoms with E-state index in [9.17, 15) is 8.42 Å². The van der Waals surface area contributed by atoms with Crippen molar-refractivity contribution in [2.75, 3.05) is 18.8 Å². The van der Waals surface area contributed by atoms with E-state index < -0.39 is 10.1 Å². The van der Waals surface area contributed by atoms with Crippen LogP contribution in [0.4, 0.5) is 0 Å². The Balaban J connectivity index is 0. The minimum absolute atomic E-state index is 0. The van der Waals surface area contributed by atoms with Crippen molar-refractivity contribution in [1.29, 1.82) is 0 Å². The monoisotopic (exact) mass is 176 g/mol. The predicted octanol–water partition coefficient (Wildman–Crippen LogP) is -0.897. The summed E-state index contributed by atoms with van der Waals surface area (Å²) in [4.78, 5) is 0. The summed E-state index contributed by atoms with van der Waals surface area (Å²) in [5, 5.41) is 2.77. The minimum atomic E-state index is -3.76. The fraction of sp³-hybridized carbons (Fsp3) is 1.00. The van der Waals surface area contributed by atoms with E-state index in [1.807, 2.05) is 6.92 Å². The van der Waals surface area contributed by atoms with E-state index in [4.69, 9.17) is 4.55 Å². The van der Waals surface area contributed by atoms with E-state index in [1.165, 1.54) is 0 Å². The van der Waals surface area contributed by atoms with Gasteiger partial charge in [0.2, 0.25) is 0 Å². The topological polar surface area (TPSA) is 66.4 Å². The van der Waals surface area contributed by atoms with Crippen LogP contribution in [0.25, 0.3) is 0 Å². The second-order valence-electron chi connectivity index (χ2n) is 1.64. The molecule has 0 aromatic carbocycles. The Bertz CT molecular complexity index is 156. The molecule has 0 heterocycles. The molecule has 1 radical (unpaired) electrons. The van der Waals surface area contributed by atoms with E-state index in [0.717, 1.165) is 6.54 Å². The van der Waals surface area contributed by atoms with Crippen LogP contribution in [0.2, 0.25) is 0 Å². The van der Waals surface area contributed by atoms with Gasteiger partial charge >= 0.3 is 0 Å². The van der Waals surface area contributed by atoms with E-state index in [1.54, 1.807) is 0 Å². The van der Waals surface area contributed by atoms with E-state index >= 15 is 0 Å². The molecule has 4 nitrogen and oxygen atoms in total. The van der Waals surface area contributed by atoms with Crippen LogP contribution in [0.5, 0.6) is 0 Å². The van der Waals surface area contributed by atoms with Crippen molar-refractivity contribution >= 4 is 39.7 Å². The third-order valence-electron chi connectivity index (χ3n) is 0.787. The van der Waals surface area contributed by atoms with Gasteiger partial charge in [0, 0.05) is 36.1 Å². The van der Waals surface area contributed by atoms with Gasteiger partial charge in [0.1, 0.15) is 0 Å². The second kappa shape index (κ2) is 6.57. The Morgan fingerprint density at radius 1 is 1.50 bits per heavy atom. The van der Waals surface area contributed by atoms with Crippen molar-refractivity contribution in [2.45, 2.75) is 6.92 Å². The summed E-state index contributed by atoms with van der Waals surface area (Å²) in [6, 6.07) is 0. The minimum Gasteiger partial charge on any atom is -0.316 e. The zero-order chi connectivity index (χ0) is 7.33. The van der Waals surface area contributed by atoms with Crippen LogP contribution >= 0.6 is 0 Å². The molecule has 0 spiro atoms. The van der Waals surface area contributed by atoms with E-state index in [0.29, 0.717) is 6.54 Å². The van der Waals surface area contributed by atoms with Crippen molar-refractivity contribution in [3.8, 4) is 0 Å². The number of rotatable bonds is 4. The number of hydrogen-bond donors (Lipinski definition) is 2. The maximum atomic E-state index is 10.0. The first-order valence-electron chi connectivity index (χ1n) is 2.72. The summed E-state index contributed by atoms with van der Waals surface area (Å²) in [5.74, 6) is -0.208. The van der Waals surface area contributed by atoms with E-state index in [-0.39, 0.29) is 35.3 Å². The summed E-state index contributed by atoms with van der Waals surface area (Å²) >= 11 is 0. The average Bonchev–Trinajstić information content (AvgIpc) is 1.63. The molecular formula is C4H11NNaO3S. The summed E-state index contributed by atoms with van der Waals surface area (Å²) in [6.07, 6.45) is 0. The molecule has 0 bridgehead atoms. The van der Waals surface area contributed by atoms with Crippen molar-refractivity contribution in [3.63, 3.8) is 0 Å². The van der Waals surface area contributed by atoms with Gasteiger partial charge in [0.25, 0.3) is 10.1 Å². The Labute approximate surface area is 83.4 Å². The van der Waals surface area contributed by atoms with Gasteiger partial charge in [-0.3, -0.25) is 4.55 Å². The quantitative estimate of drug-likeness (QED) is 0.331. The van der Waals surface area contributed by atoms with Gasteiger partial charge in [-0.2, -0.15) is 8.42 Å². The van der Waals surface area contributed by atoms with Gasteiger partial charge in [-0.25, -0.2) is 0 Å². The number of nitrogens with one attached hydrogen (secondary N) is 1. The molecule has 0 aromatic rings. The largest absolute Gasteiger partial charge is 0.316 e. The fourth-order valence-electron chi connectivity index (χ4n) is 0.378. The van der Waals surface area contributed by atoms with Crippen LogP contribution < -0.4 is 5.32 Å². The van der Waals surface area contributed by atoms with Crippen LogP contribution in [0, 0.1) is 0 Å². The van der Waals surface area contributed by atoms with Gasteiger partial charge in [-0.1, -0.05) is 6.92 Å². The number of hydrogen-bond acceptors (Lipinski definition) is 3. The molecule has 0 saturated carbocycles. The van der Waals surface area contributed by atoms with Gasteiger partial charge in [-0.05, 0) is 6.54 Å². The van der Waals surface area contributed by atoms with E-state index in [2.05, 4.69) is 5.32 Å². The van der Waals surface area contributed by atoms with Gasteiger partial charge < -0.3 is 5.32 Å². The van der Waals surface area contributed by atoms with Crippen LogP contribution in [-0.4, -0.2) is 61.4 Å². The fourth-order valence-corrected chi connectivity index (χ4v) is 0.780. The van der Waals surface area contributed by atoms with Crippen LogP contribution in [0.1, 0.15) is 6.92 Å². The third kappa shape index (κ3) is 11.6. The molecule has 2 N–H and O–H groups in total. The molecule has 0 rings (SSSR count). The zero-order valence-corrected chi connectivity index (χ0v) is 9.11. The standard InChI is InChI=1S/C4H11NO3S.Na/c1-2-5-3-4-9(6,7)8;/h5H,2-4H2,1H3,(H,6,7,8);.